The summed E-state index contributed by atoms with van der Waals surface area (Å²) in [5.74, 6) is 0.638. The van der Waals surface area contributed by atoms with Gasteiger partial charge in [-0.3, -0.25) is 0 Å². The van der Waals surface area contributed by atoms with Gasteiger partial charge in [0.25, 0.3) is 0 Å². The number of aliphatic hydroxyl groups is 2. The Balaban J connectivity index is 2.11. The summed E-state index contributed by atoms with van der Waals surface area (Å²) in [7, 11) is 0. The Kier molecular flexibility index (Phi) is 1.82. The van der Waals surface area contributed by atoms with Gasteiger partial charge < -0.3 is 20.8 Å². The number of hydrogen-bond acceptors (Lipinski definition) is 6. The summed E-state index contributed by atoms with van der Waals surface area (Å²) in [6.07, 6.45) is -1.47. The number of β-amino-alcohol motifs (C(OH)–C–C–N with tert-alkyl or cyclic N) is 2. The molecule has 7 nitrogen and oxygen atoms in total. The maximum absolute atomic E-state index is 9.25. The summed E-state index contributed by atoms with van der Waals surface area (Å²) in [4.78, 5) is 5.55. The number of aliphatic hydroxyl groups excluding tert-OH is 2. The summed E-state index contributed by atoms with van der Waals surface area (Å²) in [5, 5.41) is 24.8. The lowest BCUT2D eigenvalue weighted by Crippen LogP contribution is -2.22. The van der Waals surface area contributed by atoms with Crippen LogP contribution in [-0.2, 0) is 0 Å². The molecule has 0 amide bonds. The summed E-state index contributed by atoms with van der Waals surface area (Å²) < 4.78 is 0. The van der Waals surface area contributed by atoms with E-state index in [1.165, 1.54) is 0 Å². The first kappa shape index (κ1) is 8.27. The molecule has 1 aromatic heterocycles. The largest absolute Gasteiger partial charge is 0.388 e. The first-order chi connectivity index (χ1) is 6.16. The second-order valence-corrected chi connectivity index (χ2v) is 3.06. The zero-order chi connectivity index (χ0) is 9.42. The Morgan fingerprint density at radius 3 is 2.46 bits per heavy atom. The molecule has 0 aliphatic carbocycles. The second-order valence-electron chi connectivity index (χ2n) is 3.06. The van der Waals surface area contributed by atoms with Crippen molar-refractivity contribution in [2.45, 2.75) is 12.2 Å². The van der Waals surface area contributed by atoms with Crippen molar-refractivity contribution in [2.75, 3.05) is 23.7 Å². The molecule has 2 atom stereocenters. The molecule has 5 N–H and O–H groups in total. The van der Waals surface area contributed by atoms with Crippen LogP contribution in [0, 0.1) is 0 Å². The highest BCUT2D eigenvalue weighted by Gasteiger charge is 2.31. The van der Waals surface area contributed by atoms with E-state index in [2.05, 4.69) is 15.2 Å². The number of aromatic amines is 1. The Bertz CT molecular complexity index is 291. The number of anilines is 2. The van der Waals surface area contributed by atoms with Gasteiger partial charge in [0.05, 0.1) is 12.2 Å². The van der Waals surface area contributed by atoms with Crippen LogP contribution >= 0.6 is 0 Å². The summed E-state index contributed by atoms with van der Waals surface area (Å²) in [6, 6.07) is 0. The number of aromatic nitrogens is 3. The van der Waals surface area contributed by atoms with Crippen LogP contribution in [0.4, 0.5) is 11.9 Å². The van der Waals surface area contributed by atoms with Crippen molar-refractivity contribution in [3.8, 4) is 0 Å². The molecule has 13 heavy (non-hydrogen) atoms. The minimum atomic E-state index is -0.736. The fraction of sp³-hybridized carbons (Fsp3) is 0.667. The molecule has 2 unspecified atom stereocenters. The highest BCUT2D eigenvalue weighted by atomic mass is 16.3. The molecule has 0 bridgehead atoms. The maximum atomic E-state index is 9.25. The minimum Gasteiger partial charge on any atom is -0.388 e. The van der Waals surface area contributed by atoms with Gasteiger partial charge in [0.1, 0.15) is 0 Å². The molecular weight excluding hydrogens is 174 g/mol. The van der Waals surface area contributed by atoms with Crippen LogP contribution in [0.25, 0.3) is 0 Å². The van der Waals surface area contributed by atoms with Crippen LogP contribution in [0.5, 0.6) is 0 Å². The third-order valence-corrected chi connectivity index (χ3v) is 2.03. The van der Waals surface area contributed by atoms with Crippen molar-refractivity contribution in [3.05, 3.63) is 0 Å². The standard InChI is InChI=1S/C6H11N5O2/c7-5-8-6(10-9-5)11-1-3(12)4(13)2-11/h3-4,12-13H,1-2H2,(H3,7,8,9,10). The smallest absolute Gasteiger partial charge is 0.246 e. The van der Waals surface area contributed by atoms with Gasteiger partial charge in [0.15, 0.2) is 0 Å². The van der Waals surface area contributed by atoms with Crippen molar-refractivity contribution in [1.82, 2.24) is 15.2 Å². The molecule has 0 aromatic carbocycles. The van der Waals surface area contributed by atoms with Gasteiger partial charge in [-0.1, -0.05) is 0 Å². The lowest BCUT2D eigenvalue weighted by Gasteiger charge is -2.10. The Morgan fingerprint density at radius 1 is 1.38 bits per heavy atom. The Hall–Kier alpha value is -1.34. The molecule has 7 heteroatoms. The van der Waals surface area contributed by atoms with Crippen molar-refractivity contribution < 1.29 is 10.2 Å². The lowest BCUT2D eigenvalue weighted by atomic mass is 10.3. The molecule has 1 aromatic rings. The molecule has 0 spiro atoms. The third kappa shape index (κ3) is 1.43. The zero-order valence-corrected chi connectivity index (χ0v) is 6.88. The van der Waals surface area contributed by atoms with Crippen molar-refractivity contribution >= 4 is 11.9 Å². The molecule has 1 fully saturated rings. The number of rotatable bonds is 1. The van der Waals surface area contributed by atoms with Gasteiger partial charge in [-0.15, -0.1) is 5.10 Å². The molecule has 1 aliphatic heterocycles. The molecule has 0 radical (unpaired) electrons. The quantitative estimate of drug-likeness (QED) is 0.400. The monoisotopic (exact) mass is 185 g/mol. The maximum Gasteiger partial charge on any atom is 0.246 e. The molecular formula is C6H11N5O2. The number of nitrogens with one attached hydrogen (secondary N) is 1. The second kappa shape index (κ2) is 2.86. The van der Waals surface area contributed by atoms with E-state index < -0.39 is 12.2 Å². The molecule has 72 valence electrons. The minimum absolute atomic E-state index is 0.228. The van der Waals surface area contributed by atoms with E-state index in [-0.39, 0.29) is 5.95 Å². The number of H-pyrrole nitrogens is 1. The van der Waals surface area contributed by atoms with Crippen molar-refractivity contribution in [1.29, 1.82) is 0 Å². The van der Waals surface area contributed by atoms with Gasteiger partial charge >= 0.3 is 0 Å². The summed E-state index contributed by atoms with van der Waals surface area (Å²) in [6.45, 7) is 0.664. The normalized spacial score (nSPS) is 28.3. The zero-order valence-electron chi connectivity index (χ0n) is 6.88. The van der Waals surface area contributed by atoms with E-state index in [0.717, 1.165) is 0 Å². The van der Waals surface area contributed by atoms with Gasteiger partial charge in [0, 0.05) is 13.1 Å². The van der Waals surface area contributed by atoms with E-state index in [0.29, 0.717) is 19.0 Å². The average Bonchev–Trinajstić information content (AvgIpc) is 2.61. The topological polar surface area (TPSA) is 111 Å². The van der Waals surface area contributed by atoms with E-state index >= 15 is 0 Å². The van der Waals surface area contributed by atoms with Gasteiger partial charge in [0.2, 0.25) is 11.9 Å². The van der Waals surface area contributed by atoms with E-state index in [4.69, 9.17) is 5.73 Å². The van der Waals surface area contributed by atoms with Crippen LogP contribution in [0.1, 0.15) is 0 Å². The van der Waals surface area contributed by atoms with Gasteiger partial charge in [-0.05, 0) is 0 Å². The van der Waals surface area contributed by atoms with Crippen LogP contribution in [0.15, 0.2) is 0 Å². The van der Waals surface area contributed by atoms with Crippen molar-refractivity contribution in [2.24, 2.45) is 0 Å². The van der Waals surface area contributed by atoms with Crippen LogP contribution in [-0.4, -0.2) is 50.7 Å². The Labute approximate surface area is 74.2 Å². The first-order valence-electron chi connectivity index (χ1n) is 3.96. The fourth-order valence-corrected chi connectivity index (χ4v) is 1.34. The molecule has 2 rings (SSSR count). The van der Waals surface area contributed by atoms with Gasteiger partial charge in [-0.25, -0.2) is 5.10 Å². The number of hydrogen-bond donors (Lipinski definition) is 4. The number of nitrogens with two attached hydrogens (primary N) is 1. The highest BCUT2D eigenvalue weighted by Crippen LogP contribution is 2.16. The highest BCUT2D eigenvalue weighted by molar-refractivity contribution is 5.36. The summed E-state index contributed by atoms with van der Waals surface area (Å²) in [5.41, 5.74) is 5.33. The molecule has 1 aliphatic rings. The van der Waals surface area contributed by atoms with E-state index in [1.807, 2.05) is 0 Å². The average molecular weight is 185 g/mol. The number of nitrogens with zero attached hydrogens (tertiary/aromatic N) is 3. The summed E-state index contributed by atoms with van der Waals surface area (Å²) >= 11 is 0. The third-order valence-electron chi connectivity index (χ3n) is 2.03. The Morgan fingerprint density at radius 2 is 2.00 bits per heavy atom. The van der Waals surface area contributed by atoms with E-state index in [9.17, 15) is 10.2 Å². The van der Waals surface area contributed by atoms with Crippen LogP contribution in [0.3, 0.4) is 0 Å². The fourth-order valence-electron chi connectivity index (χ4n) is 1.34. The predicted octanol–water partition coefficient (Wildman–Crippen LogP) is -2.07. The SMILES string of the molecule is Nc1nc(N2CC(O)C(O)C2)n[nH]1. The molecule has 1 saturated heterocycles. The van der Waals surface area contributed by atoms with E-state index in [1.54, 1.807) is 4.90 Å². The lowest BCUT2D eigenvalue weighted by molar-refractivity contribution is 0.0572. The first-order valence-corrected chi connectivity index (χ1v) is 3.96. The molecule has 2 heterocycles. The number of nitrogen functional groups attached to an aromatic ring is 1. The van der Waals surface area contributed by atoms with Gasteiger partial charge in [-0.2, -0.15) is 4.98 Å². The predicted molar refractivity (Wildman–Crippen MR) is 45.0 cm³/mol. The van der Waals surface area contributed by atoms with Crippen molar-refractivity contribution in [3.63, 3.8) is 0 Å². The molecule has 0 saturated carbocycles. The van der Waals surface area contributed by atoms with Crippen LogP contribution < -0.4 is 10.6 Å². The van der Waals surface area contributed by atoms with Crippen LogP contribution in [0.2, 0.25) is 0 Å².